The summed E-state index contributed by atoms with van der Waals surface area (Å²) in [6.45, 7) is 8.69. The first kappa shape index (κ1) is 17.0. The fourth-order valence-electron chi connectivity index (χ4n) is 3.14. The highest BCUT2D eigenvalue weighted by Crippen LogP contribution is 2.27. The van der Waals surface area contributed by atoms with Crippen LogP contribution in [0.25, 0.3) is 22.4 Å². The average molecular weight is 342 g/mol. The van der Waals surface area contributed by atoms with Gasteiger partial charge in [0, 0.05) is 17.1 Å². The van der Waals surface area contributed by atoms with Crippen LogP contribution in [0, 0.1) is 0 Å². The highest BCUT2D eigenvalue weighted by Gasteiger charge is 2.12. The number of rotatable bonds is 7. The van der Waals surface area contributed by atoms with Gasteiger partial charge in [-0.25, -0.2) is 4.98 Å². The van der Waals surface area contributed by atoms with Gasteiger partial charge in [0.25, 0.3) is 0 Å². The molecule has 24 heavy (non-hydrogen) atoms. The lowest BCUT2D eigenvalue weighted by atomic mass is 10.2. The predicted octanol–water partition coefficient (Wildman–Crippen LogP) is 5.09. The van der Waals surface area contributed by atoms with Crippen molar-refractivity contribution in [2.45, 2.75) is 26.8 Å². The maximum Gasteiger partial charge on any atom is 0.141 e. The van der Waals surface area contributed by atoms with Gasteiger partial charge in [-0.3, -0.25) is 0 Å². The fraction of sp³-hybridized carbons (Fsp3) is 0.350. The summed E-state index contributed by atoms with van der Waals surface area (Å²) in [5.74, 6) is 0.998. The van der Waals surface area contributed by atoms with Gasteiger partial charge in [-0.2, -0.15) is 0 Å². The molecule has 0 unspecified atom stereocenters. The second-order valence-electron chi connectivity index (χ2n) is 5.97. The molecule has 1 aromatic heterocycles. The molecule has 0 aliphatic rings. The van der Waals surface area contributed by atoms with Gasteiger partial charge < -0.3 is 9.47 Å². The maximum absolute atomic E-state index is 6.19. The number of hydrogen-bond donors (Lipinski definition) is 0. The van der Waals surface area contributed by atoms with Gasteiger partial charge in [-0.15, -0.1) is 0 Å². The molecule has 0 fully saturated rings. The quantitative estimate of drug-likeness (QED) is 0.597. The van der Waals surface area contributed by atoms with Crippen molar-refractivity contribution in [3.05, 3.63) is 53.6 Å². The normalized spacial score (nSPS) is 11.5. The SMILES string of the molecule is CCN(CC)CCCn1c(-c2cccc(Cl)c2)nc2ccccc21. The van der Waals surface area contributed by atoms with Crippen LogP contribution >= 0.6 is 11.6 Å². The largest absolute Gasteiger partial charge is 0.324 e. The van der Waals surface area contributed by atoms with Crippen LogP contribution in [0.15, 0.2) is 48.5 Å². The molecule has 0 aliphatic heterocycles. The third-order valence-electron chi connectivity index (χ3n) is 4.49. The van der Waals surface area contributed by atoms with E-state index in [4.69, 9.17) is 16.6 Å². The van der Waals surface area contributed by atoms with Gasteiger partial charge in [-0.05, 0) is 50.3 Å². The number of benzene rings is 2. The van der Waals surface area contributed by atoms with Crippen LogP contribution < -0.4 is 0 Å². The van der Waals surface area contributed by atoms with Gasteiger partial charge >= 0.3 is 0 Å². The van der Waals surface area contributed by atoms with Crippen molar-refractivity contribution in [3.8, 4) is 11.4 Å². The van der Waals surface area contributed by atoms with Crippen LogP contribution in [-0.4, -0.2) is 34.1 Å². The van der Waals surface area contributed by atoms with E-state index in [2.05, 4.69) is 47.6 Å². The van der Waals surface area contributed by atoms with Crippen LogP contribution in [0.4, 0.5) is 0 Å². The molecule has 1 heterocycles. The molecule has 3 nitrogen and oxygen atoms in total. The maximum atomic E-state index is 6.19. The Bertz CT molecular complexity index is 806. The summed E-state index contributed by atoms with van der Waals surface area (Å²) >= 11 is 6.19. The Morgan fingerprint density at radius 2 is 1.83 bits per heavy atom. The van der Waals surface area contributed by atoms with Crippen LogP contribution in [0.2, 0.25) is 5.02 Å². The van der Waals surface area contributed by atoms with Crippen molar-refractivity contribution in [2.75, 3.05) is 19.6 Å². The molecule has 0 atom stereocenters. The molecule has 126 valence electrons. The molecule has 0 amide bonds. The Morgan fingerprint density at radius 3 is 2.58 bits per heavy atom. The minimum absolute atomic E-state index is 0.745. The highest BCUT2D eigenvalue weighted by atomic mass is 35.5. The van der Waals surface area contributed by atoms with Crippen molar-refractivity contribution >= 4 is 22.6 Å². The Labute approximate surface area is 148 Å². The van der Waals surface area contributed by atoms with E-state index < -0.39 is 0 Å². The number of fused-ring (bicyclic) bond motifs is 1. The molecule has 0 saturated heterocycles. The molecule has 0 N–H and O–H groups in total. The lowest BCUT2D eigenvalue weighted by Gasteiger charge is -2.18. The molecule has 4 heteroatoms. The standard InChI is InChI=1S/C20H24ClN3/c1-3-23(4-2)13-8-14-24-19-12-6-5-11-18(19)22-20(24)16-9-7-10-17(21)15-16/h5-7,9-12,15H,3-4,8,13-14H2,1-2H3. The number of para-hydroxylation sites is 2. The summed E-state index contributed by atoms with van der Waals surface area (Å²) in [7, 11) is 0. The molecule has 0 radical (unpaired) electrons. The molecule has 2 aromatic carbocycles. The van der Waals surface area contributed by atoms with Gasteiger partial charge in [0.05, 0.1) is 11.0 Å². The van der Waals surface area contributed by atoms with Gasteiger partial charge in [-0.1, -0.05) is 49.7 Å². The molecule has 0 spiro atoms. The van der Waals surface area contributed by atoms with Gasteiger partial charge in [0.15, 0.2) is 0 Å². The van der Waals surface area contributed by atoms with Crippen molar-refractivity contribution in [3.63, 3.8) is 0 Å². The molecule has 0 bridgehead atoms. The summed E-state index contributed by atoms with van der Waals surface area (Å²) in [4.78, 5) is 7.31. The molecule has 0 aliphatic carbocycles. The van der Waals surface area contributed by atoms with E-state index in [0.29, 0.717) is 0 Å². The number of imidazole rings is 1. The first-order valence-electron chi connectivity index (χ1n) is 8.66. The third kappa shape index (κ3) is 3.63. The molecule has 3 aromatic rings. The van der Waals surface area contributed by atoms with Gasteiger partial charge in [0.2, 0.25) is 0 Å². The Morgan fingerprint density at radius 1 is 1.04 bits per heavy atom. The summed E-state index contributed by atoms with van der Waals surface area (Å²) < 4.78 is 2.32. The van der Waals surface area contributed by atoms with Gasteiger partial charge in [0.1, 0.15) is 5.82 Å². The Kier molecular flexibility index (Phi) is 5.54. The summed E-state index contributed by atoms with van der Waals surface area (Å²) in [5, 5.41) is 0.745. The lowest BCUT2D eigenvalue weighted by molar-refractivity contribution is 0.294. The minimum atomic E-state index is 0.745. The zero-order chi connectivity index (χ0) is 16.9. The highest BCUT2D eigenvalue weighted by molar-refractivity contribution is 6.30. The predicted molar refractivity (Wildman–Crippen MR) is 103 cm³/mol. The first-order chi connectivity index (χ1) is 11.7. The van der Waals surface area contributed by atoms with Crippen LogP contribution in [0.1, 0.15) is 20.3 Å². The van der Waals surface area contributed by atoms with Crippen LogP contribution in [0.3, 0.4) is 0 Å². The number of aryl methyl sites for hydroxylation is 1. The van der Waals surface area contributed by atoms with Crippen molar-refractivity contribution in [1.29, 1.82) is 0 Å². The monoisotopic (exact) mass is 341 g/mol. The Hall–Kier alpha value is -1.84. The lowest BCUT2D eigenvalue weighted by Crippen LogP contribution is -2.24. The minimum Gasteiger partial charge on any atom is -0.324 e. The zero-order valence-corrected chi connectivity index (χ0v) is 15.1. The van der Waals surface area contributed by atoms with E-state index in [9.17, 15) is 0 Å². The second-order valence-corrected chi connectivity index (χ2v) is 6.40. The molecule has 3 rings (SSSR count). The fourth-order valence-corrected chi connectivity index (χ4v) is 3.33. The molecule has 0 saturated carbocycles. The average Bonchev–Trinajstić information content (AvgIpc) is 2.97. The van der Waals surface area contributed by atoms with Crippen LogP contribution in [-0.2, 0) is 6.54 Å². The summed E-state index contributed by atoms with van der Waals surface area (Å²) in [6, 6.07) is 16.3. The second kappa shape index (κ2) is 7.82. The van der Waals surface area contributed by atoms with Crippen molar-refractivity contribution < 1.29 is 0 Å². The number of halogens is 1. The number of aromatic nitrogens is 2. The molecular formula is C20H24ClN3. The first-order valence-corrected chi connectivity index (χ1v) is 9.04. The Balaban J connectivity index is 1.93. The van der Waals surface area contributed by atoms with E-state index in [-0.39, 0.29) is 0 Å². The summed E-state index contributed by atoms with van der Waals surface area (Å²) in [6.07, 6.45) is 1.11. The summed E-state index contributed by atoms with van der Waals surface area (Å²) in [5.41, 5.74) is 3.30. The third-order valence-corrected chi connectivity index (χ3v) is 4.72. The van der Waals surface area contributed by atoms with E-state index in [1.807, 2.05) is 24.3 Å². The van der Waals surface area contributed by atoms with E-state index in [1.54, 1.807) is 0 Å². The van der Waals surface area contributed by atoms with E-state index in [1.165, 1.54) is 5.52 Å². The number of nitrogens with zero attached hydrogens (tertiary/aromatic N) is 3. The van der Waals surface area contributed by atoms with Crippen LogP contribution in [0.5, 0.6) is 0 Å². The number of hydrogen-bond acceptors (Lipinski definition) is 2. The van der Waals surface area contributed by atoms with E-state index >= 15 is 0 Å². The zero-order valence-electron chi connectivity index (χ0n) is 14.4. The topological polar surface area (TPSA) is 21.1 Å². The van der Waals surface area contributed by atoms with Crippen molar-refractivity contribution in [2.24, 2.45) is 0 Å². The van der Waals surface area contributed by atoms with Crippen molar-refractivity contribution in [1.82, 2.24) is 14.5 Å². The smallest absolute Gasteiger partial charge is 0.141 e. The molecular weight excluding hydrogens is 318 g/mol. The van der Waals surface area contributed by atoms with E-state index in [0.717, 1.165) is 54.5 Å².